The number of hydrogen-bond donors (Lipinski definition) is 1. The molecule has 1 rings (SSSR count). The molecule has 1 fully saturated rings. The molecule has 1 aliphatic heterocycles. The number of carbonyl (C=O) groups is 1. The second kappa shape index (κ2) is 4.75. The molecule has 0 radical (unpaired) electrons. The molecule has 1 unspecified atom stereocenters. The van der Waals surface area contributed by atoms with Crippen LogP contribution < -0.4 is 5.32 Å². The van der Waals surface area contributed by atoms with Gasteiger partial charge in [0.25, 0.3) is 0 Å². The second-order valence-electron chi connectivity index (χ2n) is 4.05. The largest absolute Gasteiger partial charge is 0.347 e. The van der Waals surface area contributed by atoms with Gasteiger partial charge in [-0.3, -0.25) is 9.69 Å². The van der Waals surface area contributed by atoms with E-state index in [1.54, 1.807) is 4.90 Å². The summed E-state index contributed by atoms with van der Waals surface area (Å²) in [6, 6.07) is 0.543. The van der Waals surface area contributed by atoms with E-state index < -0.39 is 0 Å². The van der Waals surface area contributed by atoms with Crippen LogP contribution in [0.1, 0.15) is 13.8 Å². The maximum absolute atomic E-state index is 11.8. The average molecular weight is 199 g/mol. The Balaban J connectivity index is 2.54. The molecule has 0 aromatic carbocycles. The number of rotatable bonds is 4. The molecule has 82 valence electrons. The molecule has 0 spiro atoms. The highest BCUT2D eigenvalue weighted by Gasteiger charge is 2.30. The van der Waals surface area contributed by atoms with Crippen LogP contribution in [0.15, 0.2) is 0 Å². The first-order valence-corrected chi connectivity index (χ1v) is 5.25. The predicted octanol–water partition coefficient (Wildman–Crippen LogP) is -0.243. The Labute approximate surface area is 86.2 Å². The molecule has 1 saturated heterocycles. The topological polar surface area (TPSA) is 35.6 Å². The molecule has 0 aromatic rings. The summed E-state index contributed by atoms with van der Waals surface area (Å²) in [7, 11) is 3.62. The van der Waals surface area contributed by atoms with Crippen LogP contribution in [0, 0.1) is 0 Å². The predicted molar refractivity (Wildman–Crippen MR) is 57.2 cm³/mol. The van der Waals surface area contributed by atoms with Gasteiger partial charge in [0.15, 0.2) is 0 Å². The van der Waals surface area contributed by atoms with Crippen LogP contribution in [-0.2, 0) is 4.79 Å². The van der Waals surface area contributed by atoms with Crippen LogP contribution >= 0.6 is 0 Å². The number of hydrogen-bond acceptors (Lipinski definition) is 3. The van der Waals surface area contributed by atoms with E-state index in [2.05, 4.69) is 17.1 Å². The van der Waals surface area contributed by atoms with Gasteiger partial charge < -0.3 is 10.2 Å². The number of carbonyl (C=O) groups excluding carboxylic acids is 1. The summed E-state index contributed by atoms with van der Waals surface area (Å²) in [5.41, 5.74) is 0. The maximum atomic E-state index is 11.8. The molecule has 1 amide bonds. The fraction of sp³-hybridized carbons (Fsp3) is 0.900. The van der Waals surface area contributed by atoms with Crippen LogP contribution in [0.2, 0.25) is 0 Å². The van der Waals surface area contributed by atoms with Crippen molar-refractivity contribution in [1.82, 2.24) is 15.1 Å². The van der Waals surface area contributed by atoms with Gasteiger partial charge in [-0.15, -0.1) is 0 Å². The number of amides is 1. The minimum Gasteiger partial charge on any atom is -0.347 e. The standard InChI is InChI=1S/C10H21N3O/c1-5-13(9-6-11-7-9)8(2)10(14)12(3)4/h8-9,11H,5-7H2,1-4H3. The minimum atomic E-state index is 0.00194. The van der Waals surface area contributed by atoms with Crippen molar-refractivity contribution < 1.29 is 4.79 Å². The molecule has 14 heavy (non-hydrogen) atoms. The Hall–Kier alpha value is -0.610. The first-order valence-electron chi connectivity index (χ1n) is 5.25. The second-order valence-corrected chi connectivity index (χ2v) is 4.05. The zero-order valence-electron chi connectivity index (χ0n) is 9.58. The molecule has 0 aliphatic carbocycles. The summed E-state index contributed by atoms with van der Waals surface area (Å²) >= 11 is 0. The molecule has 0 bridgehead atoms. The first-order chi connectivity index (χ1) is 6.57. The Morgan fingerprint density at radius 3 is 2.36 bits per heavy atom. The lowest BCUT2D eigenvalue weighted by Crippen LogP contribution is -2.61. The molecule has 0 aromatic heterocycles. The SMILES string of the molecule is CCN(C1CNC1)C(C)C(=O)N(C)C. The molecule has 4 nitrogen and oxygen atoms in total. The minimum absolute atomic E-state index is 0.00194. The van der Waals surface area contributed by atoms with Gasteiger partial charge in [0.2, 0.25) is 5.91 Å². The first kappa shape index (κ1) is 11.5. The third-order valence-corrected chi connectivity index (χ3v) is 2.89. The van der Waals surface area contributed by atoms with Crippen LogP contribution in [0.3, 0.4) is 0 Å². The highest BCUT2D eigenvalue weighted by atomic mass is 16.2. The lowest BCUT2D eigenvalue weighted by atomic mass is 10.1. The van der Waals surface area contributed by atoms with E-state index in [1.165, 1.54) is 0 Å². The number of nitrogens with zero attached hydrogens (tertiary/aromatic N) is 2. The quantitative estimate of drug-likeness (QED) is 0.678. The van der Waals surface area contributed by atoms with Gasteiger partial charge in [-0.05, 0) is 13.5 Å². The zero-order chi connectivity index (χ0) is 10.7. The van der Waals surface area contributed by atoms with Gasteiger partial charge >= 0.3 is 0 Å². The van der Waals surface area contributed by atoms with E-state index in [1.807, 2.05) is 21.0 Å². The van der Waals surface area contributed by atoms with Gasteiger partial charge in [-0.25, -0.2) is 0 Å². The molecule has 0 saturated carbocycles. The summed E-state index contributed by atoms with van der Waals surface area (Å²) in [5, 5.41) is 3.23. The van der Waals surface area contributed by atoms with Crippen LogP contribution in [-0.4, -0.2) is 61.5 Å². The summed E-state index contributed by atoms with van der Waals surface area (Å²) in [6.45, 7) is 7.06. The molecular formula is C10H21N3O. The van der Waals surface area contributed by atoms with E-state index in [9.17, 15) is 4.79 Å². The van der Waals surface area contributed by atoms with Crippen LogP contribution in [0.5, 0.6) is 0 Å². The van der Waals surface area contributed by atoms with Crippen molar-refractivity contribution in [2.75, 3.05) is 33.7 Å². The van der Waals surface area contributed by atoms with Crippen molar-refractivity contribution in [3.05, 3.63) is 0 Å². The maximum Gasteiger partial charge on any atom is 0.239 e. The Morgan fingerprint density at radius 1 is 1.50 bits per heavy atom. The lowest BCUT2D eigenvalue weighted by Gasteiger charge is -2.41. The lowest BCUT2D eigenvalue weighted by molar-refractivity contribution is -0.135. The van der Waals surface area contributed by atoms with Gasteiger partial charge in [0.1, 0.15) is 0 Å². The monoisotopic (exact) mass is 199 g/mol. The van der Waals surface area contributed by atoms with E-state index in [-0.39, 0.29) is 11.9 Å². The highest BCUT2D eigenvalue weighted by molar-refractivity contribution is 5.81. The number of likely N-dealkylation sites (N-methyl/N-ethyl adjacent to an activating group) is 2. The molecule has 4 heteroatoms. The summed E-state index contributed by atoms with van der Waals surface area (Å²) in [4.78, 5) is 15.7. The highest BCUT2D eigenvalue weighted by Crippen LogP contribution is 2.10. The molecular weight excluding hydrogens is 178 g/mol. The van der Waals surface area contributed by atoms with Crippen molar-refractivity contribution in [3.8, 4) is 0 Å². The smallest absolute Gasteiger partial charge is 0.239 e. The van der Waals surface area contributed by atoms with Crippen molar-refractivity contribution in [2.24, 2.45) is 0 Å². The van der Waals surface area contributed by atoms with E-state index in [4.69, 9.17) is 0 Å². The van der Waals surface area contributed by atoms with E-state index in [0.29, 0.717) is 6.04 Å². The van der Waals surface area contributed by atoms with Gasteiger partial charge in [0, 0.05) is 33.2 Å². The normalized spacial score (nSPS) is 19.2. The van der Waals surface area contributed by atoms with Crippen molar-refractivity contribution in [1.29, 1.82) is 0 Å². The molecule has 1 heterocycles. The number of nitrogens with one attached hydrogen (secondary N) is 1. The summed E-state index contributed by atoms with van der Waals surface area (Å²) in [6.07, 6.45) is 0. The Kier molecular flexibility index (Phi) is 3.89. The van der Waals surface area contributed by atoms with Crippen LogP contribution in [0.4, 0.5) is 0 Å². The van der Waals surface area contributed by atoms with E-state index in [0.717, 1.165) is 19.6 Å². The van der Waals surface area contributed by atoms with Gasteiger partial charge in [0.05, 0.1) is 6.04 Å². The van der Waals surface area contributed by atoms with Crippen molar-refractivity contribution in [3.63, 3.8) is 0 Å². The third-order valence-electron chi connectivity index (χ3n) is 2.89. The van der Waals surface area contributed by atoms with Gasteiger partial charge in [-0.1, -0.05) is 6.92 Å². The third kappa shape index (κ3) is 2.25. The fourth-order valence-corrected chi connectivity index (χ4v) is 1.87. The fourth-order valence-electron chi connectivity index (χ4n) is 1.87. The van der Waals surface area contributed by atoms with Crippen LogP contribution in [0.25, 0.3) is 0 Å². The zero-order valence-corrected chi connectivity index (χ0v) is 9.58. The average Bonchev–Trinajstić information content (AvgIpc) is 2.08. The Bertz CT molecular complexity index is 202. The van der Waals surface area contributed by atoms with E-state index >= 15 is 0 Å². The van der Waals surface area contributed by atoms with Crippen molar-refractivity contribution >= 4 is 5.91 Å². The molecule has 1 aliphatic rings. The van der Waals surface area contributed by atoms with Crippen molar-refractivity contribution in [2.45, 2.75) is 25.9 Å². The molecule has 1 atom stereocenters. The van der Waals surface area contributed by atoms with Gasteiger partial charge in [-0.2, -0.15) is 0 Å². The summed E-state index contributed by atoms with van der Waals surface area (Å²) in [5.74, 6) is 0.193. The molecule has 1 N–H and O–H groups in total. The summed E-state index contributed by atoms with van der Waals surface area (Å²) < 4.78 is 0. The Morgan fingerprint density at radius 2 is 2.07 bits per heavy atom.